The number of aliphatic hydroxyl groups is 1. The lowest BCUT2D eigenvalue weighted by molar-refractivity contribution is -0.0160. The van der Waals surface area contributed by atoms with Crippen molar-refractivity contribution in [3.63, 3.8) is 0 Å². The first-order valence-electron chi connectivity index (χ1n) is 5.17. The lowest BCUT2D eigenvalue weighted by atomic mass is 9.80. The molecule has 0 saturated carbocycles. The van der Waals surface area contributed by atoms with Crippen LogP contribution in [0.25, 0.3) is 0 Å². The summed E-state index contributed by atoms with van der Waals surface area (Å²) in [5.41, 5.74) is 0.117. The first-order chi connectivity index (χ1) is 6.71. The van der Waals surface area contributed by atoms with Crippen LogP contribution in [0.4, 0.5) is 0 Å². The normalized spacial score (nSPS) is 27.1. The van der Waals surface area contributed by atoms with Crippen molar-refractivity contribution in [2.75, 3.05) is 13.1 Å². The Bertz CT molecular complexity index is 273. The molecule has 1 aromatic rings. The van der Waals surface area contributed by atoms with Crippen molar-refractivity contribution in [3.05, 3.63) is 24.2 Å². The number of hydrogen-bond donors (Lipinski definition) is 2. The van der Waals surface area contributed by atoms with Gasteiger partial charge in [0.15, 0.2) is 0 Å². The third-order valence-electron chi connectivity index (χ3n) is 3.20. The Kier molecular flexibility index (Phi) is 2.61. The molecule has 3 nitrogen and oxygen atoms in total. The van der Waals surface area contributed by atoms with Gasteiger partial charge in [-0.1, -0.05) is 0 Å². The topological polar surface area (TPSA) is 45.4 Å². The van der Waals surface area contributed by atoms with Crippen molar-refractivity contribution in [2.24, 2.45) is 5.92 Å². The standard InChI is InChI=1S/C11H17NO2/c1-11(13,10-4-6-14-8-10)9-3-2-5-12-7-9/h4,6,8-9,12-13H,2-3,5,7H2,1H3. The molecule has 0 bridgehead atoms. The molecule has 2 atom stereocenters. The van der Waals surface area contributed by atoms with Crippen LogP contribution >= 0.6 is 0 Å². The highest BCUT2D eigenvalue weighted by atomic mass is 16.3. The summed E-state index contributed by atoms with van der Waals surface area (Å²) in [6.45, 7) is 3.83. The Hall–Kier alpha value is -0.800. The van der Waals surface area contributed by atoms with Crippen molar-refractivity contribution in [2.45, 2.75) is 25.4 Å². The number of piperidine rings is 1. The minimum atomic E-state index is -0.763. The Balaban J connectivity index is 2.14. The lowest BCUT2D eigenvalue weighted by Crippen LogP contribution is -2.42. The predicted octanol–water partition coefficient (Wildman–Crippen LogP) is 1.49. The molecule has 1 aliphatic heterocycles. The van der Waals surface area contributed by atoms with E-state index in [-0.39, 0.29) is 5.92 Å². The second-order valence-electron chi connectivity index (χ2n) is 4.20. The first kappa shape index (κ1) is 9.74. The molecule has 14 heavy (non-hydrogen) atoms. The summed E-state index contributed by atoms with van der Waals surface area (Å²) in [5.74, 6) is 0.286. The van der Waals surface area contributed by atoms with Crippen LogP contribution in [0.2, 0.25) is 0 Å². The van der Waals surface area contributed by atoms with Crippen molar-refractivity contribution in [3.8, 4) is 0 Å². The molecule has 78 valence electrons. The molecule has 0 spiro atoms. The summed E-state index contributed by atoms with van der Waals surface area (Å²) in [5, 5.41) is 13.7. The predicted molar refractivity (Wildman–Crippen MR) is 53.9 cm³/mol. The monoisotopic (exact) mass is 195 g/mol. The average Bonchev–Trinajstić information content (AvgIpc) is 2.72. The van der Waals surface area contributed by atoms with Gasteiger partial charge in [0.05, 0.1) is 18.1 Å². The van der Waals surface area contributed by atoms with E-state index in [1.54, 1.807) is 12.5 Å². The fraction of sp³-hybridized carbons (Fsp3) is 0.636. The zero-order valence-corrected chi connectivity index (χ0v) is 8.49. The number of furan rings is 1. The molecule has 2 rings (SSSR count). The molecule has 1 aliphatic rings. The van der Waals surface area contributed by atoms with E-state index < -0.39 is 5.60 Å². The van der Waals surface area contributed by atoms with E-state index in [2.05, 4.69) is 5.32 Å². The van der Waals surface area contributed by atoms with Crippen LogP contribution in [0.3, 0.4) is 0 Å². The molecule has 1 aromatic heterocycles. The fourth-order valence-electron chi connectivity index (χ4n) is 2.12. The second kappa shape index (κ2) is 3.75. The quantitative estimate of drug-likeness (QED) is 0.751. The van der Waals surface area contributed by atoms with E-state index in [0.717, 1.165) is 31.5 Å². The number of rotatable bonds is 2. The number of nitrogens with one attached hydrogen (secondary N) is 1. The number of hydrogen-bond acceptors (Lipinski definition) is 3. The molecule has 0 aliphatic carbocycles. The molecule has 0 aromatic carbocycles. The van der Waals surface area contributed by atoms with Gasteiger partial charge < -0.3 is 14.8 Å². The minimum absolute atomic E-state index is 0.286. The molecule has 2 N–H and O–H groups in total. The van der Waals surface area contributed by atoms with E-state index in [1.165, 1.54) is 0 Å². The molecule has 0 radical (unpaired) electrons. The second-order valence-corrected chi connectivity index (χ2v) is 4.20. The zero-order chi connectivity index (χ0) is 10.0. The SMILES string of the molecule is CC(O)(c1ccoc1)C1CCCNC1. The van der Waals surface area contributed by atoms with Gasteiger partial charge in [-0.15, -0.1) is 0 Å². The van der Waals surface area contributed by atoms with Gasteiger partial charge in [-0.2, -0.15) is 0 Å². The van der Waals surface area contributed by atoms with E-state index in [4.69, 9.17) is 4.42 Å². The highest BCUT2D eigenvalue weighted by Gasteiger charge is 2.35. The van der Waals surface area contributed by atoms with E-state index >= 15 is 0 Å². The van der Waals surface area contributed by atoms with Gasteiger partial charge >= 0.3 is 0 Å². The Labute approximate surface area is 84.1 Å². The van der Waals surface area contributed by atoms with Crippen LogP contribution in [0, 0.1) is 5.92 Å². The van der Waals surface area contributed by atoms with E-state index in [0.29, 0.717) is 0 Å². The maximum Gasteiger partial charge on any atom is 0.0963 e. The van der Waals surface area contributed by atoms with Crippen molar-refractivity contribution < 1.29 is 9.52 Å². The third kappa shape index (κ3) is 1.70. The van der Waals surface area contributed by atoms with Gasteiger partial charge in [0.25, 0.3) is 0 Å². The van der Waals surface area contributed by atoms with Gasteiger partial charge in [0.2, 0.25) is 0 Å². The largest absolute Gasteiger partial charge is 0.472 e. The molecular formula is C11H17NO2. The van der Waals surface area contributed by atoms with Crippen molar-refractivity contribution in [1.29, 1.82) is 0 Å². The first-order valence-corrected chi connectivity index (χ1v) is 5.17. The molecule has 0 amide bonds. The zero-order valence-electron chi connectivity index (χ0n) is 8.49. The summed E-state index contributed by atoms with van der Waals surface area (Å²) in [7, 11) is 0. The molecule has 2 heterocycles. The van der Waals surface area contributed by atoms with Crippen LogP contribution in [0.1, 0.15) is 25.3 Å². The van der Waals surface area contributed by atoms with Gasteiger partial charge in [0, 0.05) is 18.0 Å². The fourth-order valence-corrected chi connectivity index (χ4v) is 2.12. The Morgan fingerprint density at radius 1 is 1.64 bits per heavy atom. The molecule has 3 heteroatoms. The maximum absolute atomic E-state index is 10.4. The highest BCUT2D eigenvalue weighted by Crippen LogP contribution is 2.33. The van der Waals surface area contributed by atoms with Crippen LogP contribution in [0.15, 0.2) is 23.0 Å². The minimum Gasteiger partial charge on any atom is -0.472 e. The summed E-state index contributed by atoms with van der Waals surface area (Å²) >= 11 is 0. The summed E-state index contributed by atoms with van der Waals surface area (Å²) < 4.78 is 5.01. The van der Waals surface area contributed by atoms with Crippen LogP contribution in [0.5, 0.6) is 0 Å². The van der Waals surface area contributed by atoms with Gasteiger partial charge in [-0.05, 0) is 32.4 Å². The average molecular weight is 195 g/mol. The summed E-state index contributed by atoms with van der Waals surface area (Å²) in [6, 6.07) is 1.84. The summed E-state index contributed by atoms with van der Waals surface area (Å²) in [6.07, 6.45) is 5.46. The van der Waals surface area contributed by atoms with E-state index in [1.807, 2.05) is 13.0 Å². The van der Waals surface area contributed by atoms with Crippen LogP contribution in [-0.2, 0) is 5.60 Å². The lowest BCUT2D eigenvalue weighted by Gasteiger charge is -2.35. The van der Waals surface area contributed by atoms with Crippen molar-refractivity contribution >= 4 is 0 Å². The van der Waals surface area contributed by atoms with Crippen molar-refractivity contribution in [1.82, 2.24) is 5.32 Å². The van der Waals surface area contributed by atoms with Crippen LogP contribution in [-0.4, -0.2) is 18.2 Å². The van der Waals surface area contributed by atoms with Crippen LogP contribution < -0.4 is 5.32 Å². The third-order valence-corrected chi connectivity index (χ3v) is 3.20. The molecule has 1 fully saturated rings. The molecule has 1 saturated heterocycles. The molecular weight excluding hydrogens is 178 g/mol. The smallest absolute Gasteiger partial charge is 0.0963 e. The van der Waals surface area contributed by atoms with Gasteiger partial charge in [0.1, 0.15) is 0 Å². The van der Waals surface area contributed by atoms with E-state index in [9.17, 15) is 5.11 Å². The summed E-state index contributed by atoms with van der Waals surface area (Å²) in [4.78, 5) is 0. The van der Waals surface area contributed by atoms with Gasteiger partial charge in [-0.3, -0.25) is 0 Å². The molecule has 2 unspecified atom stereocenters. The maximum atomic E-state index is 10.4. The highest BCUT2D eigenvalue weighted by molar-refractivity contribution is 5.16. The Morgan fingerprint density at radius 3 is 3.07 bits per heavy atom. The van der Waals surface area contributed by atoms with Gasteiger partial charge in [-0.25, -0.2) is 0 Å². The Morgan fingerprint density at radius 2 is 2.50 bits per heavy atom.